The van der Waals surface area contributed by atoms with Crippen LogP contribution in [0.1, 0.15) is 34.3 Å². The average molecular weight is 487 g/mol. The van der Waals surface area contributed by atoms with Crippen LogP contribution in [0.3, 0.4) is 0 Å². The van der Waals surface area contributed by atoms with E-state index in [0.717, 1.165) is 12.0 Å². The van der Waals surface area contributed by atoms with E-state index in [1.807, 2.05) is 46.2 Å². The number of nitrogens with zero attached hydrogens (tertiary/aromatic N) is 2. The summed E-state index contributed by atoms with van der Waals surface area (Å²) >= 11 is 0. The van der Waals surface area contributed by atoms with Gasteiger partial charge in [0.1, 0.15) is 11.5 Å². The van der Waals surface area contributed by atoms with E-state index >= 15 is 0 Å². The minimum atomic E-state index is -0.0895. The normalized spacial score (nSPS) is 13.8. The van der Waals surface area contributed by atoms with E-state index in [9.17, 15) is 9.59 Å². The maximum Gasteiger partial charge on any atom is 0.254 e. The smallest absolute Gasteiger partial charge is 0.254 e. The van der Waals surface area contributed by atoms with E-state index in [-0.39, 0.29) is 17.7 Å². The Balaban J connectivity index is 1.41. The fourth-order valence-electron chi connectivity index (χ4n) is 4.68. The molecule has 188 valence electrons. The number of hydrogen-bond acceptors (Lipinski definition) is 4. The van der Waals surface area contributed by atoms with Gasteiger partial charge >= 0.3 is 0 Å². The molecule has 1 heterocycles. The number of piperidine rings is 1. The van der Waals surface area contributed by atoms with Crippen LogP contribution in [0.15, 0.2) is 78.9 Å². The fraction of sp³-hybridized carbons (Fsp3) is 0.333. The topological polar surface area (TPSA) is 59.1 Å². The third-order valence-corrected chi connectivity index (χ3v) is 6.77. The number of carbonyl (C=O) groups is 2. The summed E-state index contributed by atoms with van der Waals surface area (Å²) in [7, 11) is 3.14. The second-order valence-electron chi connectivity index (χ2n) is 9.15. The van der Waals surface area contributed by atoms with Crippen LogP contribution in [0.5, 0.6) is 11.5 Å². The number of rotatable bonds is 9. The first-order valence-electron chi connectivity index (χ1n) is 12.5. The first-order chi connectivity index (χ1) is 17.6. The van der Waals surface area contributed by atoms with Gasteiger partial charge in [0.05, 0.1) is 14.2 Å². The van der Waals surface area contributed by atoms with Crippen LogP contribution in [0.25, 0.3) is 0 Å². The molecule has 0 N–H and O–H groups in total. The fourth-order valence-corrected chi connectivity index (χ4v) is 4.68. The number of hydrogen-bond donors (Lipinski definition) is 0. The van der Waals surface area contributed by atoms with Gasteiger partial charge < -0.3 is 19.3 Å². The summed E-state index contributed by atoms with van der Waals surface area (Å²) in [5, 5.41) is 0. The quantitative estimate of drug-likeness (QED) is 0.435. The van der Waals surface area contributed by atoms with Gasteiger partial charge in [0, 0.05) is 43.7 Å². The molecular weight excluding hydrogens is 452 g/mol. The molecule has 0 unspecified atom stereocenters. The summed E-state index contributed by atoms with van der Waals surface area (Å²) < 4.78 is 10.6. The molecule has 1 aliphatic rings. The van der Waals surface area contributed by atoms with Crippen molar-refractivity contribution in [3.8, 4) is 11.5 Å². The Morgan fingerprint density at radius 3 is 1.94 bits per heavy atom. The molecular formula is C30H34N2O4. The lowest BCUT2D eigenvalue weighted by molar-refractivity contribution is -0.137. The van der Waals surface area contributed by atoms with Gasteiger partial charge in [-0.1, -0.05) is 60.7 Å². The Morgan fingerprint density at radius 1 is 0.833 bits per heavy atom. The van der Waals surface area contributed by atoms with Gasteiger partial charge in [-0.15, -0.1) is 0 Å². The molecule has 0 aliphatic carbocycles. The van der Waals surface area contributed by atoms with Crippen LogP contribution < -0.4 is 9.47 Å². The van der Waals surface area contributed by atoms with Crippen LogP contribution in [0.2, 0.25) is 0 Å². The predicted molar refractivity (Wildman–Crippen MR) is 140 cm³/mol. The van der Waals surface area contributed by atoms with Crippen molar-refractivity contribution in [2.45, 2.75) is 25.8 Å². The summed E-state index contributed by atoms with van der Waals surface area (Å²) in [4.78, 5) is 30.6. The standard InChI is InChI=1S/C30H34N2O4/c1-35-27-19-26(20-28(21-27)36-2)30(34)31-17-14-25(15-18-31)29(33)32(22-24-11-7-4-8-12-24)16-13-23-9-5-3-6-10-23/h3-12,19-21,25H,13-18,22H2,1-2H3. The number of methoxy groups -OCH3 is 2. The molecule has 0 radical (unpaired) electrons. The van der Waals surface area contributed by atoms with Crippen LogP contribution in [0, 0.1) is 5.92 Å². The number of ether oxygens (including phenoxy) is 2. The molecule has 1 saturated heterocycles. The molecule has 0 atom stereocenters. The Bertz CT molecular complexity index is 1120. The monoisotopic (exact) mass is 486 g/mol. The number of carbonyl (C=O) groups excluding carboxylic acids is 2. The van der Waals surface area contributed by atoms with E-state index in [1.165, 1.54) is 5.56 Å². The largest absolute Gasteiger partial charge is 0.497 e. The molecule has 36 heavy (non-hydrogen) atoms. The molecule has 6 nitrogen and oxygen atoms in total. The summed E-state index contributed by atoms with van der Waals surface area (Å²) in [5.41, 5.74) is 2.88. The van der Waals surface area contributed by atoms with Crippen LogP contribution in [-0.4, -0.2) is 55.5 Å². The molecule has 2 amide bonds. The van der Waals surface area contributed by atoms with Gasteiger partial charge in [-0.05, 0) is 42.5 Å². The lowest BCUT2D eigenvalue weighted by Gasteiger charge is -2.34. The van der Waals surface area contributed by atoms with Gasteiger partial charge in [-0.25, -0.2) is 0 Å². The van der Waals surface area contributed by atoms with Crippen molar-refractivity contribution in [2.75, 3.05) is 33.9 Å². The van der Waals surface area contributed by atoms with Crippen molar-refractivity contribution in [1.82, 2.24) is 9.80 Å². The molecule has 0 spiro atoms. The summed E-state index contributed by atoms with van der Waals surface area (Å²) in [6.07, 6.45) is 2.12. The summed E-state index contributed by atoms with van der Waals surface area (Å²) in [6, 6.07) is 25.6. The summed E-state index contributed by atoms with van der Waals surface area (Å²) in [5.74, 6) is 1.18. The van der Waals surface area contributed by atoms with Crippen molar-refractivity contribution in [3.63, 3.8) is 0 Å². The SMILES string of the molecule is COc1cc(OC)cc(C(=O)N2CCC(C(=O)N(CCc3ccccc3)Cc3ccccc3)CC2)c1. The lowest BCUT2D eigenvalue weighted by atomic mass is 9.94. The predicted octanol–water partition coefficient (Wildman–Crippen LogP) is 4.83. The van der Waals surface area contributed by atoms with Crippen molar-refractivity contribution in [3.05, 3.63) is 95.6 Å². The Kier molecular flexibility index (Phi) is 8.61. The highest BCUT2D eigenvalue weighted by molar-refractivity contribution is 5.95. The number of amides is 2. The second kappa shape index (κ2) is 12.2. The molecule has 3 aromatic carbocycles. The average Bonchev–Trinajstić information content (AvgIpc) is 2.95. The van der Waals surface area contributed by atoms with E-state index < -0.39 is 0 Å². The van der Waals surface area contributed by atoms with E-state index in [1.54, 1.807) is 32.4 Å². The Hall–Kier alpha value is -3.80. The second-order valence-corrected chi connectivity index (χ2v) is 9.15. The van der Waals surface area contributed by atoms with Crippen molar-refractivity contribution >= 4 is 11.8 Å². The van der Waals surface area contributed by atoms with Gasteiger partial charge in [0.2, 0.25) is 5.91 Å². The van der Waals surface area contributed by atoms with Gasteiger partial charge in [-0.3, -0.25) is 9.59 Å². The first kappa shape index (κ1) is 25.3. The van der Waals surface area contributed by atoms with Crippen LogP contribution in [-0.2, 0) is 17.8 Å². The van der Waals surface area contributed by atoms with E-state index in [0.29, 0.717) is 56.1 Å². The third kappa shape index (κ3) is 6.45. The minimum absolute atomic E-state index is 0.0664. The van der Waals surface area contributed by atoms with Gasteiger partial charge in [0.15, 0.2) is 0 Å². The highest BCUT2D eigenvalue weighted by Gasteiger charge is 2.31. The van der Waals surface area contributed by atoms with E-state index in [4.69, 9.17) is 9.47 Å². The Morgan fingerprint density at radius 2 is 1.39 bits per heavy atom. The zero-order chi connectivity index (χ0) is 25.3. The molecule has 0 saturated carbocycles. The molecule has 0 bridgehead atoms. The summed E-state index contributed by atoms with van der Waals surface area (Å²) in [6.45, 7) is 2.36. The van der Waals surface area contributed by atoms with Gasteiger partial charge in [-0.2, -0.15) is 0 Å². The van der Waals surface area contributed by atoms with Gasteiger partial charge in [0.25, 0.3) is 5.91 Å². The zero-order valence-electron chi connectivity index (χ0n) is 21.1. The maximum absolute atomic E-state index is 13.6. The number of likely N-dealkylation sites (tertiary alicyclic amines) is 1. The Labute approximate surface area is 213 Å². The van der Waals surface area contributed by atoms with Crippen LogP contribution >= 0.6 is 0 Å². The molecule has 1 aliphatic heterocycles. The molecule has 3 aromatic rings. The highest BCUT2D eigenvalue weighted by Crippen LogP contribution is 2.26. The molecule has 4 rings (SSSR count). The lowest BCUT2D eigenvalue weighted by Crippen LogP contribution is -2.44. The third-order valence-electron chi connectivity index (χ3n) is 6.77. The molecule has 6 heteroatoms. The van der Waals surface area contributed by atoms with E-state index in [2.05, 4.69) is 24.3 Å². The van der Waals surface area contributed by atoms with Crippen molar-refractivity contribution in [2.24, 2.45) is 5.92 Å². The van der Waals surface area contributed by atoms with Crippen molar-refractivity contribution in [1.29, 1.82) is 0 Å². The van der Waals surface area contributed by atoms with Crippen LogP contribution in [0.4, 0.5) is 0 Å². The maximum atomic E-state index is 13.6. The highest BCUT2D eigenvalue weighted by atomic mass is 16.5. The zero-order valence-corrected chi connectivity index (χ0v) is 21.1. The minimum Gasteiger partial charge on any atom is -0.497 e. The molecule has 0 aromatic heterocycles. The number of benzene rings is 3. The molecule has 1 fully saturated rings. The van der Waals surface area contributed by atoms with Crippen molar-refractivity contribution < 1.29 is 19.1 Å². The first-order valence-corrected chi connectivity index (χ1v) is 12.5.